The Labute approximate surface area is 178 Å². The van der Waals surface area contributed by atoms with E-state index in [1.165, 1.54) is 0 Å². The highest BCUT2D eigenvalue weighted by Crippen LogP contribution is 2.48. The Morgan fingerprint density at radius 2 is 1.76 bits per heavy atom. The summed E-state index contributed by atoms with van der Waals surface area (Å²) in [5, 5.41) is 0. The van der Waals surface area contributed by atoms with Gasteiger partial charge < -0.3 is 14.4 Å². The van der Waals surface area contributed by atoms with Gasteiger partial charge >= 0.3 is 6.09 Å². The van der Waals surface area contributed by atoms with Crippen molar-refractivity contribution in [2.75, 3.05) is 13.1 Å². The van der Waals surface area contributed by atoms with E-state index in [4.69, 9.17) is 9.47 Å². The average molecular weight is 404 g/mol. The smallest absolute Gasteiger partial charge is 0.415 e. The van der Waals surface area contributed by atoms with Crippen molar-refractivity contribution in [1.29, 1.82) is 0 Å². The van der Waals surface area contributed by atoms with Crippen LogP contribution < -0.4 is 9.47 Å². The van der Waals surface area contributed by atoms with Crippen LogP contribution in [0, 0.1) is 5.41 Å². The molecule has 164 valence electrons. The molecule has 1 aliphatic heterocycles. The number of rotatable bonds is 5. The molecule has 1 aromatic rings. The van der Waals surface area contributed by atoms with Crippen molar-refractivity contribution in [1.82, 2.24) is 4.90 Å². The van der Waals surface area contributed by atoms with Gasteiger partial charge in [0, 0.05) is 24.2 Å². The van der Waals surface area contributed by atoms with Gasteiger partial charge in [-0.2, -0.15) is 0 Å². The standard InChI is InChI=1S/C25H41NO3/c1-11-26(12-2)22(27)28-21-13-18-17(3)15-25(9,10)29-20(18)14-19(21)24(7,8)16-23(4,5)6/h13-14,17H,11-12,15-16H2,1-10H3. The summed E-state index contributed by atoms with van der Waals surface area (Å²) in [4.78, 5) is 14.5. The van der Waals surface area contributed by atoms with Crippen molar-refractivity contribution in [3.8, 4) is 11.5 Å². The maximum absolute atomic E-state index is 12.8. The molecule has 4 nitrogen and oxygen atoms in total. The van der Waals surface area contributed by atoms with Crippen LogP contribution in [0.1, 0.15) is 99.1 Å². The van der Waals surface area contributed by atoms with Crippen molar-refractivity contribution < 1.29 is 14.3 Å². The Balaban J connectivity index is 2.58. The third kappa shape index (κ3) is 5.67. The number of ether oxygens (including phenoxy) is 2. The fourth-order valence-corrected chi connectivity index (χ4v) is 4.91. The first-order chi connectivity index (χ1) is 13.2. The topological polar surface area (TPSA) is 38.8 Å². The molecule has 0 fully saturated rings. The summed E-state index contributed by atoms with van der Waals surface area (Å²) in [6, 6.07) is 4.18. The zero-order valence-corrected chi connectivity index (χ0v) is 20.2. The normalized spacial score (nSPS) is 18.6. The number of benzene rings is 1. The van der Waals surface area contributed by atoms with Gasteiger partial charge in [-0.05, 0) is 69.4 Å². The lowest BCUT2D eigenvalue weighted by Crippen LogP contribution is -2.36. The van der Waals surface area contributed by atoms with Gasteiger partial charge in [0.25, 0.3) is 0 Å². The lowest BCUT2D eigenvalue weighted by atomic mass is 9.71. The molecule has 0 saturated carbocycles. The second-order valence-corrected chi connectivity index (χ2v) is 11.0. The van der Waals surface area contributed by atoms with E-state index in [0.29, 0.717) is 24.8 Å². The fourth-order valence-electron chi connectivity index (χ4n) is 4.91. The summed E-state index contributed by atoms with van der Waals surface area (Å²) in [7, 11) is 0. The highest BCUT2D eigenvalue weighted by molar-refractivity contribution is 5.72. The monoisotopic (exact) mass is 403 g/mol. The SMILES string of the molecule is CCN(CC)C(=O)Oc1cc2c(cc1C(C)(C)CC(C)(C)C)OC(C)(C)CC2C. The lowest BCUT2D eigenvalue weighted by Gasteiger charge is -2.39. The van der Waals surface area contributed by atoms with Gasteiger partial charge in [-0.1, -0.05) is 41.5 Å². The van der Waals surface area contributed by atoms with Gasteiger partial charge in [-0.3, -0.25) is 0 Å². The second-order valence-electron chi connectivity index (χ2n) is 11.0. The molecule has 0 aliphatic carbocycles. The summed E-state index contributed by atoms with van der Waals surface area (Å²) < 4.78 is 12.3. The largest absolute Gasteiger partial charge is 0.488 e. The van der Waals surface area contributed by atoms with Crippen LogP contribution in [0.5, 0.6) is 11.5 Å². The Morgan fingerprint density at radius 1 is 1.17 bits per heavy atom. The van der Waals surface area contributed by atoms with Crippen molar-refractivity contribution in [3.63, 3.8) is 0 Å². The van der Waals surface area contributed by atoms with E-state index in [2.05, 4.69) is 67.5 Å². The van der Waals surface area contributed by atoms with Crippen LogP contribution in [-0.4, -0.2) is 29.7 Å². The fraction of sp³-hybridized carbons (Fsp3) is 0.720. The zero-order valence-electron chi connectivity index (χ0n) is 20.2. The van der Waals surface area contributed by atoms with Gasteiger partial charge in [-0.15, -0.1) is 0 Å². The number of fused-ring (bicyclic) bond motifs is 1. The van der Waals surface area contributed by atoms with Crippen LogP contribution in [-0.2, 0) is 5.41 Å². The minimum atomic E-state index is -0.285. The Morgan fingerprint density at radius 3 is 2.28 bits per heavy atom. The number of hydrogen-bond donors (Lipinski definition) is 0. The van der Waals surface area contributed by atoms with Gasteiger partial charge in [0.2, 0.25) is 0 Å². The molecule has 1 heterocycles. The molecule has 29 heavy (non-hydrogen) atoms. The minimum absolute atomic E-state index is 0.146. The molecule has 0 spiro atoms. The van der Waals surface area contributed by atoms with E-state index in [1.807, 2.05) is 13.8 Å². The van der Waals surface area contributed by atoms with E-state index in [0.717, 1.165) is 29.7 Å². The van der Waals surface area contributed by atoms with E-state index in [9.17, 15) is 4.79 Å². The highest BCUT2D eigenvalue weighted by Gasteiger charge is 2.36. The number of amides is 1. The minimum Gasteiger partial charge on any atom is -0.488 e. The maximum atomic E-state index is 12.8. The van der Waals surface area contributed by atoms with Crippen LogP contribution >= 0.6 is 0 Å². The molecule has 0 saturated heterocycles. The molecule has 1 atom stereocenters. The molecule has 0 N–H and O–H groups in total. The second kappa shape index (κ2) is 8.20. The number of nitrogens with zero attached hydrogens (tertiary/aromatic N) is 1. The third-order valence-corrected chi connectivity index (χ3v) is 5.75. The molecule has 0 bridgehead atoms. The number of carbonyl (C=O) groups is 1. The first-order valence-corrected chi connectivity index (χ1v) is 11.0. The quantitative estimate of drug-likeness (QED) is 0.536. The average Bonchev–Trinajstić information content (AvgIpc) is 2.53. The molecule has 4 heteroatoms. The van der Waals surface area contributed by atoms with Crippen LogP contribution in [0.25, 0.3) is 0 Å². The van der Waals surface area contributed by atoms with Crippen molar-refractivity contribution in [2.24, 2.45) is 5.41 Å². The Hall–Kier alpha value is -1.71. The summed E-state index contributed by atoms with van der Waals surface area (Å²) >= 11 is 0. The summed E-state index contributed by atoms with van der Waals surface area (Å²) in [5.74, 6) is 1.94. The van der Waals surface area contributed by atoms with Gasteiger partial charge in [0.15, 0.2) is 0 Å². The summed E-state index contributed by atoms with van der Waals surface area (Å²) in [6.07, 6.45) is 1.62. The third-order valence-electron chi connectivity index (χ3n) is 5.75. The molecular weight excluding hydrogens is 362 g/mol. The molecule has 1 amide bonds. The van der Waals surface area contributed by atoms with Gasteiger partial charge in [0.1, 0.15) is 17.1 Å². The van der Waals surface area contributed by atoms with E-state index in [1.54, 1.807) is 4.90 Å². The highest BCUT2D eigenvalue weighted by atomic mass is 16.6. The Bertz CT molecular complexity index is 739. The van der Waals surface area contributed by atoms with E-state index >= 15 is 0 Å². The van der Waals surface area contributed by atoms with Crippen molar-refractivity contribution in [2.45, 2.75) is 99.0 Å². The van der Waals surface area contributed by atoms with Crippen LogP contribution in [0.4, 0.5) is 4.79 Å². The van der Waals surface area contributed by atoms with Crippen LogP contribution in [0.2, 0.25) is 0 Å². The van der Waals surface area contributed by atoms with Crippen LogP contribution in [0.3, 0.4) is 0 Å². The maximum Gasteiger partial charge on any atom is 0.415 e. The lowest BCUT2D eigenvalue weighted by molar-refractivity contribution is 0.0739. The van der Waals surface area contributed by atoms with Crippen molar-refractivity contribution in [3.05, 3.63) is 23.3 Å². The first kappa shape index (κ1) is 23.6. The predicted molar refractivity (Wildman–Crippen MR) is 120 cm³/mol. The summed E-state index contributed by atoms with van der Waals surface area (Å²) in [5.41, 5.74) is 1.95. The molecule has 1 aliphatic rings. The molecule has 0 radical (unpaired) electrons. The van der Waals surface area contributed by atoms with Crippen LogP contribution in [0.15, 0.2) is 12.1 Å². The van der Waals surface area contributed by atoms with E-state index in [-0.39, 0.29) is 22.5 Å². The molecular formula is C25H41NO3. The molecule has 0 aromatic heterocycles. The van der Waals surface area contributed by atoms with E-state index < -0.39 is 0 Å². The predicted octanol–water partition coefficient (Wildman–Crippen LogP) is 6.91. The van der Waals surface area contributed by atoms with Crippen molar-refractivity contribution >= 4 is 6.09 Å². The number of carbonyl (C=O) groups excluding carboxylic acids is 1. The van der Waals surface area contributed by atoms with Gasteiger partial charge in [0.05, 0.1) is 0 Å². The first-order valence-electron chi connectivity index (χ1n) is 11.0. The molecule has 1 unspecified atom stereocenters. The summed E-state index contributed by atoms with van der Waals surface area (Å²) in [6.45, 7) is 22.9. The molecule has 2 rings (SSSR count). The zero-order chi connectivity index (χ0) is 22.2. The number of hydrogen-bond acceptors (Lipinski definition) is 3. The van der Waals surface area contributed by atoms with Gasteiger partial charge in [-0.25, -0.2) is 4.79 Å². The molecule has 1 aromatic carbocycles. The Kier molecular flexibility index (Phi) is 6.66.